The van der Waals surface area contributed by atoms with E-state index < -0.39 is 0 Å². The summed E-state index contributed by atoms with van der Waals surface area (Å²) in [5.41, 5.74) is 0. The van der Waals surface area contributed by atoms with Gasteiger partial charge in [0, 0.05) is 3.42 Å². The van der Waals surface area contributed by atoms with E-state index in [1.165, 1.54) is 19.3 Å². The quantitative estimate of drug-likeness (QED) is 0.350. The highest BCUT2D eigenvalue weighted by Crippen LogP contribution is 2.45. The molecule has 2 aliphatic rings. The molecule has 0 fully saturated rings. The number of rotatable bonds is 0. The van der Waals surface area contributed by atoms with E-state index >= 15 is 0 Å². The molecule has 0 saturated heterocycles. The number of halogens is 1. The molecule has 2 unspecified atom stereocenters. The molecule has 1 heteroatoms. The summed E-state index contributed by atoms with van der Waals surface area (Å²) in [6.07, 6.45) is 13.2. The highest BCUT2D eigenvalue weighted by Gasteiger charge is 2.36. The maximum absolute atomic E-state index is 2.60. The largest absolute Gasteiger partial charge is 0.0881 e. The standard InChI is InChI=1S/C9H11I/c10-9-6-2-1-4-8(9)5-3-7-9/h1-3,7-8H,4-6H2. The van der Waals surface area contributed by atoms with Gasteiger partial charge >= 0.3 is 0 Å². The predicted molar refractivity (Wildman–Crippen MR) is 52.4 cm³/mol. The fraction of sp³-hybridized carbons (Fsp3) is 0.556. The second-order valence-electron chi connectivity index (χ2n) is 3.17. The maximum Gasteiger partial charge on any atom is 0.0469 e. The average molecular weight is 246 g/mol. The van der Waals surface area contributed by atoms with Crippen molar-refractivity contribution in [2.45, 2.75) is 22.7 Å². The van der Waals surface area contributed by atoms with Gasteiger partial charge in [-0.3, -0.25) is 0 Å². The van der Waals surface area contributed by atoms with Crippen LogP contribution in [0.25, 0.3) is 0 Å². The lowest BCUT2D eigenvalue weighted by Gasteiger charge is -2.29. The van der Waals surface area contributed by atoms with E-state index in [9.17, 15) is 0 Å². The molecule has 0 radical (unpaired) electrons. The molecule has 0 amide bonds. The Morgan fingerprint density at radius 1 is 1.20 bits per heavy atom. The molecule has 10 heavy (non-hydrogen) atoms. The van der Waals surface area contributed by atoms with Gasteiger partial charge in [0.2, 0.25) is 0 Å². The second kappa shape index (κ2) is 2.36. The zero-order valence-electron chi connectivity index (χ0n) is 5.89. The van der Waals surface area contributed by atoms with Crippen LogP contribution in [0.3, 0.4) is 0 Å². The fourth-order valence-corrected chi connectivity index (χ4v) is 2.83. The molecule has 2 rings (SSSR count). The lowest BCUT2D eigenvalue weighted by Crippen LogP contribution is -2.26. The highest BCUT2D eigenvalue weighted by molar-refractivity contribution is 14.1. The van der Waals surface area contributed by atoms with E-state index in [1.807, 2.05) is 0 Å². The molecule has 2 atom stereocenters. The zero-order chi connectivity index (χ0) is 7.03. The van der Waals surface area contributed by atoms with Crippen LogP contribution in [0, 0.1) is 5.92 Å². The second-order valence-corrected chi connectivity index (χ2v) is 5.18. The third-order valence-corrected chi connectivity index (χ3v) is 4.19. The molecule has 0 aromatic rings. The summed E-state index contributed by atoms with van der Waals surface area (Å²) in [4.78, 5) is 0. The van der Waals surface area contributed by atoms with Gasteiger partial charge in [-0.2, -0.15) is 0 Å². The van der Waals surface area contributed by atoms with Crippen molar-refractivity contribution in [3.63, 3.8) is 0 Å². The Kier molecular flexibility index (Phi) is 1.63. The number of fused-ring (bicyclic) bond motifs is 1. The first kappa shape index (κ1) is 6.89. The summed E-state index contributed by atoms with van der Waals surface area (Å²) in [7, 11) is 0. The molecule has 54 valence electrons. The Labute approximate surface area is 75.5 Å². The first-order valence-electron chi connectivity index (χ1n) is 3.83. The van der Waals surface area contributed by atoms with E-state index in [0.29, 0.717) is 3.42 Å². The van der Waals surface area contributed by atoms with Crippen molar-refractivity contribution >= 4 is 22.6 Å². The van der Waals surface area contributed by atoms with Gasteiger partial charge in [-0.25, -0.2) is 0 Å². The van der Waals surface area contributed by atoms with E-state index in [0.717, 1.165) is 5.92 Å². The van der Waals surface area contributed by atoms with Crippen LogP contribution in [0.5, 0.6) is 0 Å². The van der Waals surface area contributed by atoms with Gasteiger partial charge in [0.05, 0.1) is 0 Å². The normalized spacial score (nSPS) is 43.9. The molecule has 0 aromatic carbocycles. The topological polar surface area (TPSA) is 0 Å². The minimum absolute atomic E-state index is 0.493. The maximum atomic E-state index is 2.60. The Hall–Kier alpha value is 0.210. The molecule has 0 aromatic heterocycles. The summed E-state index contributed by atoms with van der Waals surface area (Å²) in [5, 5.41) is 0. The van der Waals surface area contributed by atoms with Crippen molar-refractivity contribution in [2.24, 2.45) is 5.92 Å². The summed E-state index contributed by atoms with van der Waals surface area (Å²) in [6, 6.07) is 0. The summed E-state index contributed by atoms with van der Waals surface area (Å²) in [6.45, 7) is 0. The van der Waals surface area contributed by atoms with Crippen LogP contribution in [0.2, 0.25) is 0 Å². The molecule has 0 saturated carbocycles. The summed E-state index contributed by atoms with van der Waals surface area (Å²) >= 11 is 2.60. The van der Waals surface area contributed by atoms with Gasteiger partial charge < -0.3 is 0 Å². The molecule has 0 spiro atoms. The fourth-order valence-electron chi connectivity index (χ4n) is 1.81. The Morgan fingerprint density at radius 2 is 2.00 bits per heavy atom. The van der Waals surface area contributed by atoms with E-state index in [4.69, 9.17) is 0 Å². The number of alkyl halides is 1. The van der Waals surface area contributed by atoms with Crippen molar-refractivity contribution in [2.75, 3.05) is 0 Å². The van der Waals surface area contributed by atoms with Crippen molar-refractivity contribution in [1.82, 2.24) is 0 Å². The van der Waals surface area contributed by atoms with E-state index in [2.05, 4.69) is 46.9 Å². The van der Waals surface area contributed by atoms with Gasteiger partial charge in [0.1, 0.15) is 0 Å². The lowest BCUT2D eigenvalue weighted by molar-refractivity contribution is 0.471. The van der Waals surface area contributed by atoms with Gasteiger partial charge in [-0.1, -0.05) is 46.9 Å². The van der Waals surface area contributed by atoms with Crippen LogP contribution in [0.1, 0.15) is 19.3 Å². The first-order valence-corrected chi connectivity index (χ1v) is 4.91. The van der Waals surface area contributed by atoms with Crippen molar-refractivity contribution in [3.05, 3.63) is 24.3 Å². The molecule has 2 aliphatic carbocycles. The zero-order valence-corrected chi connectivity index (χ0v) is 8.04. The Bertz CT molecular complexity index is 193. The monoisotopic (exact) mass is 246 g/mol. The first-order chi connectivity index (χ1) is 4.81. The number of hydrogen-bond donors (Lipinski definition) is 0. The lowest BCUT2D eigenvalue weighted by atomic mass is 9.86. The SMILES string of the molecule is IC12C=CCC1CC=CC2. The smallest absolute Gasteiger partial charge is 0.0469 e. The third-order valence-electron chi connectivity index (χ3n) is 2.51. The molecule has 0 aliphatic heterocycles. The predicted octanol–water partition coefficient (Wildman–Crippen LogP) is 3.09. The molecule has 0 heterocycles. The highest BCUT2D eigenvalue weighted by atomic mass is 127. The van der Waals surface area contributed by atoms with Crippen LogP contribution in [-0.4, -0.2) is 3.42 Å². The average Bonchev–Trinajstić information content (AvgIpc) is 2.29. The summed E-state index contributed by atoms with van der Waals surface area (Å²) in [5.74, 6) is 0.901. The van der Waals surface area contributed by atoms with Gasteiger partial charge in [0.15, 0.2) is 0 Å². The van der Waals surface area contributed by atoms with Gasteiger partial charge in [0.25, 0.3) is 0 Å². The number of allylic oxidation sites excluding steroid dienone is 4. The Morgan fingerprint density at radius 3 is 2.80 bits per heavy atom. The molecular formula is C9H11I. The van der Waals surface area contributed by atoms with Crippen molar-refractivity contribution < 1.29 is 0 Å². The third kappa shape index (κ3) is 0.949. The molecule has 0 bridgehead atoms. The minimum atomic E-state index is 0.493. The summed E-state index contributed by atoms with van der Waals surface area (Å²) < 4.78 is 0.493. The van der Waals surface area contributed by atoms with Crippen molar-refractivity contribution in [3.8, 4) is 0 Å². The van der Waals surface area contributed by atoms with Crippen LogP contribution in [-0.2, 0) is 0 Å². The van der Waals surface area contributed by atoms with Gasteiger partial charge in [-0.15, -0.1) is 0 Å². The van der Waals surface area contributed by atoms with E-state index in [1.54, 1.807) is 0 Å². The number of hydrogen-bond acceptors (Lipinski definition) is 0. The minimum Gasteiger partial charge on any atom is -0.0881 e. The molecule has 0 nitrogen and oxygen atoms in total. The van der Waals surface area contributed by atoms with Crippen LogP contribution in [0.4, 0.5) is 0 Å². The molecular weight excluding hydrogens is 235 g/mol. The van der Waals surface area contributed by atoms with Crippen LogP contribution in [0.15, 0.2) is 24.3 Å². The molecule has 0 N–H and O–H groups in total. The Balaban J connectivity index is 2.26. The van der Waals surface area contributed by atoms with Crippen molar-refractivity contribution in [1.29, 1.82) is 0 Å². The van der Waals surface area contributed by atoms with Crippen LogP contribution >= 0.6 is 22.6 Å². The van der Waals surface area contributed by atoms with Gasteiger partial charge in [-0.05, 0) is 25.2 Å². The van der Waals surface area contributed by atoms with Crippen LogP contribution < -0.4 is 0 Å². The van der Waals surface area contributed by atoms with E-state index in [-0.39, 0.29) is 0 Å².